The van der Waals surface area contributed by atoms with E-state index in [9.17, 15) is 23.1 Å². The lowest BCUT2D eigenvalue weighted by Gasteiger charge is -2.08. The molecule has 0 unspecified atom stereocenters. The number of aromatic hydroxyl groups is 1. The molecule has 2 amide bonds. The van der Waals surface area contributed by atoms with Crippen LogP contribution in [0, 0.1) is 0 Å². The highest BCUT2D eigenvalue weighted by atomic mass is 32.2. The standard InChI is InChI=1S/C15H14N2O5S/c1-23(21,22)11-8-6-10(7-9-11)14(19)16-17-15(20)12-4-2-3-5-13(12)18/h2-9,18H,1H3,(H,16,19)(H,17,20). The van der Waals surface area contributed by atoms with Gasteiger partial charge in [0.2, 0.25) is 0 Å². The van der Waals surface area contributed by atoms with E-state index in [-0.39, 0.29) is 21.8 Å². The normalized spacial score (nSPS) is 10.8. The summed E-state index contributed by atoms with van der Waals surface area (Å²) in [6, 6.07) is 11.1. The second-order valence-corrected chi connectivity index (χ2v) is 6.74. The van der Waals surface area contributed by atoms with Gasteiger partial charge in [-0.05, 0) is 36.4 Å². The van der Waals surface area contributed by atoms with Gasteiger partial charge in [0.15, 0.2) is 9.84 Å². The maximum atomic E-state index is 11.9. The van der Waals surface area contributed by atoms with Gasteiger partial charge in [0.05, 0.1) is 10.5 Å². The van der Waals surface area contributed by atoms with Crippen LogP contribution in [0.2, 0.25) is 0 Å². The zero-order valence-electron chi connectivity index (χ0n) is 12.1. The van der Waals surface area contributed by atoms with Crippen molar-refractivity contribution in [3.05, 3.63) is 59.7 Å². The van der Waals surface area contributed by atoms with Crippen molar-refractivity contribution in [1.82, 2.24) is 10.9 Å². The Balaban J connectivity index is 2.03. The number of hydrazine groups is 1. The van der Waals surface area contributed by atoms with Gasteiger partial charge in [-0.1, -0.05) is 12.1 Å². The number of benzene rings is 2. The van der Waals surface area contributed by atoms with E-state index in [1.807, 2.05) is 0 Å². The number of amides is 2. The molecule has 0 aliphatic carbocycles. The Morgan fingerprint density at radius 3 is 2.04 bits per heavy atom. The second kappa shape index (κ2) is 6.49. The molecule has 0 radical (unpaired) electrons. The van der Waals surface area contributed by atoms with Gasteiger partial charge in [0.25, 0.3) is 11.8 Å². The van der Waals surface area contributed by atoms with Crippen molar-refractivity contribution < 1.29 is 23.1 Å². The lowest BCUT2D eigenvalue weighted by atomic mass is 10.2. The van der Waals surface area contributed by atoms with Crippen LogP contribution >= 0.6 is 0 Å². The summed E-state index contributed by atoms with van der Waals surface area (Å²) in [5.41, 5.74) is 4.54. The largest absolute Gasteiger partial charge is 0.507 e. The van der Waals surface area contributed by atoms with Crippen LogP contribution in [-0.4, -0.2) is 31.6 Å². The molecule has 2 aromatic carbocycles. The fourth-order valence-electron chi connectivity index (χ4n) is 1.77. The van der Waals surface area contributed by atoms with Crippen LogP contribution in [0.25, 0.3) is 0 Å². The average Bonchev–Trinajstić information content (AvgIpc) is 2.52. The van der Waals surface area contributed by atoms with Crippen molar-refractivity contribution in [3.63, 3.8) is 0 Å². The molecule has 120 valence electrons. The minimum atomic E-state index is -3.34. The molecule has 2 rings (SSSR count). The van der Waals surface area contributed by atoms with Gasteiger partial charge in [-0.2, -0.15) is 0 Å². The lowest BCUT2D eigenvalue weighted by Crippen LogP contribution is -2.41. The quantitative estimate of drug-likeness (QED) is 0.721. The van der Waals surface area contributed by atoms with Crippen molar-refractivity contribution in [1.29, 1.82) is 0 Å². The number of carbonyl (C=O) groups excluding carboxylic acids is 2. The highest BCUT2D eigenvalue weighted by Gasteiger charge is 2.13. The minimum absolute atomic E-state index is 0.0141. The molecule has 0 heterocycles. The van der Waals surface area contributed by atoms with Crippen LogP contribution in [0.3, 0.4) is 0 Å². The summed E-state index contributed by atoms with van der Waals surface area (Å²) in [7, 11) is -3.34. The number of phenolic OH excluding ortho intramolecular Hbond substituents is 1. The average molecular weight is 334 g/mol. The first-order chi connectivity index (χ1) is 10.8. The van der Waals surface area contributed by atoms with Crippen LogP contribution in [0.4, 0.5) is 0 Å². The fourth-order valence-corrected chi connectivity index (χ4v) is 2.40. The third-order valence-corrected chi connectivity index (χ3v) is 4.11. The Bertz CT molecular complexity index is 844. The maximum Gasteiger partial charge on any atom is 0.273 e. The van der Waals surface area contributed by atoms with E-state index in [0.29, 0.717) is 0 Å². The number of nitrogens with one attached hydrogen (secondary N) is 2. The van der Waals surface area contributed by atoms with Gasteiger partial charge in [-0.15, -0.1) is 0 Å². The molecule has 0 bridgehead atoms. The predicted molar refractivity (Wildman–Crippen MR) is 82.6 cm³/mol. The first kappa shape index (κ1) is 16.5. The number of carbonyl (C=O) groups is 2. The Kier molecular flexibility index (Phi) is 4.65. The van der Waals surface area contributed by atoms with Crippen LogP contribution in [0.1, 0.15) is 20.7 Å². The molecular formula is C15H14N2O5S. The summed E-state index contributed by atoms with van der Waals surface area (Å²) in [5, 5.41) is 9.54. The fraction of sp³-hybridized carbons (Fsp3) is 0.0667. The molecule has 0 aliphatic rings. The van der Waals surface area contributed by atoms with Crippen LogP contribution in [-0.2, 0) is 9.84 Å². The molecule has 0 fully saturated rings. The number of rotatable bonds is 3. The predicted octanol–water partition coefficient (Wildman–Crippen LogP) is 0.871. The molecule has 0 saturated heterocycles. The van der Waals surface area contributed by atoms with E-state index in [1.54, 1.807) is 12.1 Å². The van der Waals surface area contributed by atoms with E-state index >= 15 is 0 Å². The summed E-state index contributed by atoms with van der Waals surface area (Å²) in [6.07, 6.45) is 1.06. The van der Waals surface area contributed by atoms with Gasteiger partial charge in [0.1, 0.15) is 5.75 Å². The molecule has 7 nitrogen and oxygen atoms in total. The van der Waals surface area contributed by atoms with Crippen LogP contribution < -0.4 is 10.9 Å². The number of hydrogen-bond donors (Lipinski definition) is 3. The Labute approximate surface area is 132 Å². The third-order valence-electron chi connectivity index (χ3n) is 2.98. The minimum Gasteiger partial charge on any atom is -0.507 e. The molecule has 3 N–H and O–H groups in total. The smallest absolute Gasteiger partial charge is 0.273 e. The van der Waals surface area contributed by atoms with E-state index in [1.165, 1.54) is 36.4 Å². The van der Waals surface area contributed by atoms with Crippen molar-refractivity contribution >= 4 is 21.7 Å². The van der Waals surface area contributed by atoms with E-state index in [4.69, 9.17) is 0 Å². The number of sulfone groups is 1. The SMILES string of the molecule is CS(=O)(=O)c1ccc(C(=O)NNC(=O)c2ccccc2O)cc1. The molecule has 0 spiro atoms. The molecular weight excluding hydrogens is 320 g/mol. The van der Waals surface area contributed by atoms with E-state index < -0.39 is 21.7 Å². The van der Waals surface area contributed by atoms with E-state index in [2.05, 4.69) is 10.9 Å². The topological polar surface area (TPSA) is 113 Å². The van der Waals surface area contributed by atoms with Gasteiger partial charge in [0, 0.05) is 11.8 Å². The Hall–Kier alpha value is -2.87. The first-order valence-corrected chi connectivity index (χ1v) is 8.37. The van der Waals surface area contributed by atoms with E-state index in [0.717, 1.165) is 6.26 Å². The Morgan fingerprint density at radius 2 is 1.48 bits per heavy atom. The molecule has 0 atom stereocenters. The summed E-state index contributed by atoms with van der Waals surface area (Å²) >= 11 is 0. The van der Waals surface area contributed by atoms with Gasteiger partial charge in [-0.25, -0.2) is 8.42 Å². The highest BCUT2D eigenvalue weighted by Crippen LogP contribution is 2.14. The lowest BCUT2D eigenvalue weighted by molar-refractivity contribution is 0.0845. The Morgan fingerprint density at radius 1 is 0.913 bits per heavy atom. The summed E-state index contributed by atoms with van der Waals surface area (Å²) < 4.78 is 22.7. The number of para-hydroxylation sites is 1. The molecule has 8 heteroatoms. The van der Waals surface area contributed by atoms with Crippen LogP contribution in [0.15, 0.2) is 53.4 Å². The third kappa shape index (κ3) is 4.07. The molecule has 0 aliphatic heterocycles. The highest BCUT2D eigenvalue weighted by molar-refractivity contribution is 7.90. The zero-order valence-corrected chi connectivity index (χ0v) is 12.9. The zero-order chi connectivity index (χ0) is 17.0. The van der Waals surface area contributed by atoms with Crippen molar-refractivity contribution in [2.75, 3.05) is 6.26 Å². The molecule has 0 saturated carbocycles. The number of hydrogen-bond acceptors (Lipinski definition) is 5. The van der Waals surface area contributed by atoms with Crippen molar-refractivity contribution in [2.45, 2.75) is 4.90 Å². The summed E-state index contributed by atoms with van der Waals surface area (Å²) in [4.78, 5) is 23.8. The van der Waals surface area contributed by atoms with Crippen LogP contribution in [0.5, 0.6) is 5.75 Å². The maximum absolute atomic E-state index is 11.9. The monoisotopic (exact) mass is 334 g/mol. The first-order valence-electron chi connectivity index (χ1n) is 6.48. The van der Waals surface area contributed by atoms with Gasteiger partial charge >= 0.3 is 0 Å². The second-order valence-electron chi connectivity index (χ2n) is 4.72. The molecule has 2 aromatic rings. The van der Waals surface area contributed by atoms with Gasteiger partial charge in [-0.3, -0.25) is 20.4 Å². The summed E-state index contributed by atoms with van der Waals surface area (Å²) in [5.74, 6) is -1.50. The summed E-state index contributed by atoms with van der Waals surface area (Å²) in [6.45, 7) is 0. The molecule has 0 aromatic heterocycles. The van der Waals surface area contributed by atoms with Crippen molar-refractivity contribution in [3.8, 4) is 5.75 Å². The number of phenols is 1. The van der Waals surface area contributed by atoms with Gasteiger partial charge < -0.3 is 5.11 Å². The molecule has 23 heavy (non-hydrogen) atoms. The van der Waals surface area contributed by atoms with Crippen molar-refractivity contribution in [2.24, 2.45) is 0 Å².